The van der Waals surface area contributed by atoms with E-state index in [-0.39, 0.29) is 37.2 Å². The molecule has 1 atom stereocenters. The molecule has 3 rings (SSSR count). The largest absolute Gasteiger partial charge is 1.00 e. The maximum atomic E-state index is 2.61. The first-order chi connectivity index (χ1) is 9.57. The Labute approximate surface area is 172 Å². The molecule has 23 heavy (non-hydrogen) atoms. The van der Waals surface area contributed by atoms with E-state index in [1.807, 2.05) is 0 Å². The van der Waals surface area contributed by atoms with Gasteiger partial charge in [-0.1, -0.05) is 0 Å². The van der Waals surface area contributed by atoms with E-state index >= 15 is 0 Å². The van der Waals surface area contributed by atoms with Crippen LogP contribution in [0.3, 0.4) is 0 Å². The molecule has 0 bridgehead atoms. The molecule has 1 unspecified atom stereocenters. The van der Waals surface area contributed by atoms with Crippen molar-refractivity contribution in [1.82, 2.24) is 0 Å². The number of rotatable bonds is 3. The summed E-state index contributed by atoms with van der Waals surface area (Å²) in [6.45, 7) is 4.63. The molecular weight excluding hydrogens is 399 g/mol. The standard InChI is InChI=1S/C18H23Si.3ClH.Ti/c1-15(2)16-10-11-18(14-16)19(12-6-7-13-19)17-8-4-3-5-9-17;;;;/h3-5,8-11,14-15H,6-7,12-13H2,1-2H3;3*1H;/q;;;;+3/p-3. The smallest absolute Gasteiger partial charge is 1.00 e. The van der Waals surface area contributed by atoms with E-state index in [0.29, 0.717) is 9.26 Å². The van der Waals surface area contributed by atoms with Crippen LogP contribution in [-0.4, -0.2) is 8.07 Å². The van der Waals surface area contributed by atoms with Gasteiger partial charge in [0, 0.05) is 0 Å². The van der Waals surface area contributed by atoms with Crippen molar-refractivity contribution in [3.05, 3.63) is 54.1 Å². The molecule has 1 aromatic carbocycles. The van der Waals surface area contributed by atoms with Crippen LogP contribution in [0.25, 0.3) is 0 Å². The molecule has 0 spiro atoms. The first-order valence-electron chi connectivity index (χ1n) is 7.80. The van der Waals surface area contributed by atoms with Crippen molar-refractivity contribution in [1.29, 1.82) is 0 Å². The number of hydrogen-bond donors (Lipinski definition) is 0. The molecule has 1 aliphatic carbocycles. The minimum Gasteiger partial charge on any atom is -1.00 e. The molecule has 0 N–H and O–H groups in total. The normalized spacial score (nSPS) is 24.5. The van der Waals surface area contributed by atoms with Crippen molar-refractivity contribution in [3.8, 4) is 0 Å². The van der Waals surface area contributed by atoms with Gasteiger partial charge in [-0.15, -0.1) is 0 Å². The van der Waals surface area contributed by atoms with Gasteiger partial charge in [0.05, 0.1) is 0 Å². The minimum atomic E-state index is -1.45. The Balaban J connectivity index is 0.00000161. The van der Waals surface area contributed by atoms with E-state index in [4.69, 9.17) is 0 Å². The zero-order valence-electron chi connectivity index (χ0n) is 13.7. The van der Waals surface area contributed by atoms with Crippen LogP contribution in [0.2, 0.25) is 15.4 Å². The summed E-state index contributed by atoms with van der Waals surface area (Å²) in [5.41, 5.74) is 1.54. The zero-order chi connectivity index (χ0) is 14.2. The van der Waals surface area contributed by atoms with Crippen LogP contribution in [-0.2, 0) is 20.4 Å². The molecule has 0 radical (unpaired) electrons. The molecule has 2 aliphatic rings. The maximum Gasteiger partial charge on any atom is -1.00 e. The maximum absolute atomic E-state index is 2.61. The van der Waals surface area contributed by atoms with E-state index in [1.54, 1.807) is 10.8 Å². The van der Waals surface area contributed by atoms with Crippen LogP contribution in [0, 0.1) is 5.92 Å². The van der Waals surface area contributed by atoms with Crippen molar-refractivity contribution in [2.24, 2.45) is 5.92 Å². The molecule has 5 heteroatoms. The van der Waals surface area contributed by atoms with Gasteiger partial charge in [-0.05, 0) is 0 Å². The Morgan fingerprint density at radius 2 is 1.57 bits per heavy atom. The summed E-state index contributed by atoms with van der Waals surface area (Å²) in [5.74, 6) is 0.649. The molecule has 0 saturated carbocycles. The van der Waals surface area contributed by atoms with E-state index < -0.39 is 8.07 Å². The van der Waals surface area contributed by atoms with Crippen molar-refractivity contribution in [2.45, 2.75) is 42.1 Å². The molecule has 0 aromatic heterocycles. The number of benzene rings is 1. The average molecular weight is 422 g/mol. The first-order valence-corrected chi connectivity index (χ1v) is 11.0. The van der Waals surface area contributed by atoms with Gasteiger partial charge in [-0.3, -0.25) is 0 Å². The summed E-state index contributed by atoms with van der Waals surface area (Å²) in [4.78, 5) is 0. The van der Waals surface area contributed by atoms with Gasteiger partial charge in [0.25, 0.3) is 0 Å². The van der Waals surface area contributed by atoms with Gasteiger partial charge in [0.15, 0.2) is 0 Å². The summed E-state index contributed by atoms with van der Waals surface area (Å²) in [6.07, 6.45) is 10.4. The molecule has 1 fully saturated rings. The molecule has 0 amide bonds. The molecular formula is C18H23Cl3SiTi. The predicted octanol–water partition coefficient (Wildman–Crippen LogP) is -4.45. The second-order valence-corrected chi connectivity index (χ2v) is 13.3. The quantitative estimate of drug-likeness (QED) is 0.432. The van der Waals surface area contributed by atoms with E-state index in [1.165, 1.54) is 24.9 Å². The van der Waals surface area contributed by atoms with E-state index in [2.05, 4.69) is 82.8 Å². The second kappa shape index (κ2) is 9.27. The third kappa shape index (κ3) is 4.19. The van der Waals surface area contributed by atoms with Crippen LogP contribution in [0.1, 0.15) is 26.7 Å². The van der Waals surface area contributed by atoms with Crippen LogP contribution < -0.4 is 42.4 Å². The summed E-state index contributed by atoms with van der Waals surface area (Å²) >= 11 is 2.50. The Morgan fingerprint density at radius 1 is 1.00 bits per heavy atom. The van der Waals surface area contributed by atoms with Crippen molar-refractivity contribution >= 4 is 13.3 Å². The summed E-state index contributed by atoms with van der Waals surface area (Å²) in [5, 5.41) is 1.67. The fourth-order valence-corrected chi connectivity index (χ4v) is 11.7. The van der Waals surface area contributed by atoms with Crippen LogP contribution in [0.5, 0.6) is 0 Å². The fraction of sp³-hybridized carbons (Fsp3) is 0.444. The summed E-state index contributed by atoms with van der Waals surface area (Å²) in [6, 6.07) is 14.3. The number of halogens is 3. The molecule has 1 heterocycles. The molecule has 1 saturated heterocycles. The first kappa shape index (κ1) is 23.5. The van der Waals surface area contributed by atoms with Crippen LogP contribution in [0.4, 0.5) is 0 Å². The predicted molar refractivity (Wildman–Crippen MR) is 85.4 cm³/mol. The summed E-state index contributed by atoms with van der Waals surface area (Å²) in [7, 11) is -1.45. The topological polar surface area (TPSA) is 0 Å². The summed E-state index contributed by atoms with van der Waals surface area (Å²) < 4.78 is 0.324. The van der Waals surface area contributed by atoms with Gasteiger partial charge in [0.1, 0.15) is 0 Å². The van der Waals surface area contributed by atoms with Gasteiger partial charge in [-0.25, -0.2) is 0 Å². The third-order valence-electron chi connectivity index (χ3n) is 5.18. The van der Waals surface area contributed by atoms with Gasteiger partial charge in [-0.2, -0.15) is 0 Å². The van der Waals surface area contributed by atoms with E-state index in [0.717, 1.165) is 0 Å². The van der Waals surface area contributed by atoms with Crippen molar-refractivity contribution < 1.29 is 57.7 Å². The van der Waals surface area contributed by atoms with Gasteiger partial charge >= 0.3 is 136 Å². The zero-order valence-corrected chi connectivity index (χ0v) is 18.5. The fourth-order valence-electron chi connectivity index (χ4n) is 3.92. The SMILES string of the molecule is CC(C)C1=C[C]([Ti+3])([Si]2(c3ccccc3)CCCC2)C=C1.[Cl-].[Cl-].[Cl-]. The minimum absolute atomic E-state index is 0. The molecule has 124 valence electrons. The number of hydrogen-bond acceptors (Lipinski definition) is 0. The second-order valence-electron chi connectivity index (χ2n) is 6.66. The van der Waals surface area contributed by atoms with E-state index in [9.17, 15) is 0 Å². The Bertz CT molecular complexity index is 551. The Morgan fingerprint density at radius 3 is 2.04 bits per heavy atom. The van der Waals surface area contributed by atoms with Gasteiger partial charge < -0.3 is 37.2 Å². The molecule has 1 aliphatic heterocycles. The molecule has 1 aromatic rings. The Kier molecular flexibility index (Phi) is 9.47. The van der Waals surface area contributed by atoms with Gasteiger partial charge in [0.2, 0.25) is 0 Å². The third-order valence-corrected chi connectivity index (χ3v) is 13.6. The average Bonchev–Trinajstić information content (AvgIpc) is 3.08. The van der Waals surface area contributed by atoms with Crippen molar-refractivity contribution in [3.63, 3.8) is 0 Å². The Hall–Kier alpha value is 0.501. The molecule has 0 nitrogen and oxygen atoms in total. The van der Waals surface area contributed by atoms with Crippen molar-refractivity contribution in [2.75, 3.05) is 0 Å². The monoisotopic (exact) mass is 420 g/mol. The van der Waals surface area contributed by atoms with Crippen LogP contribution in [0.15, 0.2) is 54.1 Å². The van der Waals surface area contributed by atoms with Crippen LogP contribution >= 0.6 is 0 Å². The number of allylic oxidation sites excluding steroid dienone is 4.